The number of aromatic nitrogens is 4. The topological polar surface area (TPSA) is 55.1 Å². The van der Waals surface area contributed by atoms with E-state index >= 15 is 0 Å². The van der Waals surface area contributed by atoms with E-state index in [0.29, 0.717) is 12.0 Å². The van der Waals surface area contributed by atoms with Crippen molar-refractivity contribution in [2.24, 2.45) is 0 Å². The molecule has 0 radical (unpaired) electrons. The van der Waals surface area contributed by atoms with Gasteiger partial charge in [0.2, 0.25) is 4.96 Å². The third kappa shape index (κ3) is 2.14. The molecule has 0 aromatic carbocycles. The van der Waals surface area contributed by atoms with Gasteiger partial charge >= 0.3 is 0 Å². The summed E-state index contributed by atoms with van der Waals surface area (Å²) in [5.74, 6) is 1.32. The Hall–Kier alpha value is -1.01. The Morgan fingerprint density at radius 3 is 3.00 bits per heavy atom. The highest BCUT2D eigenvalue weighted by atomic mass is 32.1. The average Bonchev–Trinajstić information content (AvgIpc) is 2.79. The zero-order valence-electron chi connectivity index (χ0n) is 10.9. The summed E-state index contributed by atoms with van der Waals surface area (Å²) in [7, 11) is 0. The first-order valence-electron chi connectivity index (χ1n) is 6.71. The first-order chi connectivity index (χ1) is 8.75. The molecule has 1 fully saturated rings. The molecule has 2 aromatic rings. The van der Waals surface area contributed by atoms with E-state index in [1.54, 1.807) is 11.3 Å². The summed E-state index contributed by atoms with van der Waals surface area (Å²) in [5.41, 5.74) is 0. The molecule has 6 heteroatoms. The minimum absolute atomic E-state index is 0.358. The normalized spacial score (nSPS) is 21.6. The van der Waals surface area contributed by atoms with E-state index in [-0.39, 0.29) is 0 Å². The molecule has 0 spiro atoms. The van der Waals surface area contributed by atoms with Gasteiger partial charge in [-0.15, -0.1) is 10.2 Å². The van der Waals surface area contributed by atoms with Gasteiger partial charge in [-0.1, -0.05) is 38.0 Å². The molecule has 1 saturated heterocycles. The van der Waals surface area contributed by atoms with E-state index in [1.165, 1.54) is 25.7 Å². The molecule has 3 rings (SSSR count). The van der Waals surface area contributed by atoms with Gasteiger partial charge in [-0.25, -0.2) is 0 Å². The maximum absolute atomic E-state index is 4.71. The fourth-order valence-electron chi connectivity index (χ4n) is 2.39. The van der Waals surface area contributed by atoms with Crippen molar-refractivity contribution in [2.45, 2.75) is 51.5 Å². The van der Waals surface area contributed by atoms with Crippen LogP contribution in [0.2, 0.25) is 0 Å². The lowest BCUT2D eigenvalue weighted by Gasteiger charge is -2.11. The lowest BCUT2D eigenvalue weighted by molar-refractivity contribution is 0.524. The predicted octanol–water partition coefficient (Wildman–Crippen LogP) is 2.51. The van der Waals surface area contributed by atoms with E-state index in [1.807, 2.05) is 4.52 Å². The van der Waals surface area contributed by atoms with Crippen LogP contribution in [0.25, 0.3) is 4.96 Å². The number of fused-ring (bicyclic) bond motifs is 1. The highest BCUT2D eigenvalue weighted by Gasteiger charge is 2.20. The second kappa shape index (κ2) is 4.93. The second-order valence-corrected chi connectivity index (χ2v) is 6.19. The Morgan fingerprint density at radius 1 is 1.28 bits per heavy atom. The van der Waals surface area contributed by atoms with Crippen molar-refractivity contribution in [2.75, 3.05) is 6.54 Å². The van der Waals surface area contributed by atoms with Gasteiger partial charge in [0.15, 0.2) is 5.82 Å². The van der Waals surface area contributed by atoms with E-state index < -0.39 is 0 Å². The molecule has 2 aromatic heterocycles. The molecule has 1 atom stereocenters. The first-order valence-corrected chi connectivity index (χ1v) is 7.53. The standard InChI is InChI=1S/C12H19N5S/c1-8(2)10-14-15-12-17(10)16-11(18-12)9-6-4-3-5-7-13-9/h8-9,13H,3-7H2,1-2H3. The van der Waals surface area contributed by atoms with Crippen molar-refractivity contribution in [1.29, 1.82) is 0 Å². The van der Waals surface area contributed by atoms with E-state index in [9.17, 15) is 0 Å². The summed E-state index contributed by atoms with van der Waals surface area (Å²) in [6.07, 6.45) is 5.07. The highest BCUT2D eigenvalue weighted by molar-refractivity contribution is 7.16. The first kappa shape index (κ1) is 12.0. The monoisotopic (exact) mass is 265 g/mol. The maximum atomic E-state index is 4.71. The summed E-state index contributed by atoms with van der Waals surface area (Å²) in [5, 5.41) is 17.9. The Kier molecular flexibility index (Phi) is 3.30. The predicted molar refractivity (Wildman–Crippen MR) is 72.0 cm³/mol. The van der Waals surface area contributed by atoms with Crippen LogP contribution in [-0.2, 0) is 0 Å². The smallest absolute Gasteiger partial charge is 0.234 e. The molecule has 0 saturated carbocycles. The Labute approximate surface area is 111 Å². The van der Waals surface area contributed by atoms with Crippen molar-refractivity contribution in [1.82, 2.24) is 25.1 Å². The number of nitrogens with one attached hydrogen (secondary N) is 1. The fraction of sp³-hybridized carbons (Fsp3) is 0.750. The lowest BCUT2D eigenvalue weighted by atomic mass is 10.1. The van der Waals surface area contributed by atoms with Crippen LogP contribution in [0.15, 0.2) is 0 Å². The number of nitrogens with zero attached hydrogens (tertiary/aromatic N) is 4. The molecular formula is C12H19N5S. The average molecular weight is 265 g/mol. The Bertz CT molecular complexity index is 522. The summed E-state index contributed by atoms with van der Waals surface area (Å²) in [6.45, 7) is 5.35. The molecule has 1 unspecified atom stereocenters. The van der Waals surface area contributed by atoms with Crippen LogP contribution in [0.4, 0.5) is 0 Å². The quantitative estimate of drug-likeness (QED) is 0.906. The van der Waals surface area contributed by atoms with Crippen LogP contribution in [0, 0.1) is 0 Å². The molecule has 0 amide bonds. The van der Waals surface area contributed by atoms with Gasteiger partial charge in [0.25, 0.3) is 0 Å². The van der Waals surface area contributed by atoms with Crippen molar-refractivity contribution in [3.63, 3.8) is 0 Å². The third-order valence-electron chi connectivity index (χ3n) is 3.41. The second-order valence-electron chi connectivity index (χ2n) is 5.20. The molecule has 1 N–H and O–H groups in total. The minimum Gasteiger partial charge on any atom is -0.308 e. The van der Waals surface area contributed by atoms with Crippen molar-refractivity contribution < 1.29 is 0 Å². The fourth-order valence-corrected chi connectivity index (χ4v) is 3.34. The molecule has 98 valence electrons. The van der Waals surface area contributed by atoms with Crippen LogP contribution < -0.4 is 5.32 Å². The third-order valence-corrected chi connectivity index (χ3v) is 4.42. The van der Waals surface area contributed by atoms with Crippen LogP contribution >= 0.6 is 11.3 Å². The van der Waals surface area contributed by atoms with Gasteiger partial charge in [-0.05, 0) is 19.4 Å². The van der Waals surface area contributed by atoms with Crippen LogP contribution in [0.5, 0.6) is 0 Å². The molecule has 3 heterocycles. The van der Waals surface area contributed by atoms with Gasteiger partial charge in [-0.2, -0.15) is 9.61 Å². The van der Waals surface area contributed by atoms with E-state index in [0.717, 1.165) is 22.3 Å². The largest absolute Gasteiger partial charge is 0.308 e. The van der Waals surface area contributed by atoms with Crippen LogP contribution in [-0.4, -0.2) is 26.4 Å². The van der Waals surface area contributed by atoms with Gasteiger partial charge in [-0.3, -0.25) is 0 Å². The zero-order valence-corrected chi connectivity index (χ0v) is 11.7. The van der Waals surface area contributed by atoms with E-state index in [4.69, 9.17) is 5.10 Å². The van der Waals surface area contributed by atoms with Crippen LogP contribution in [0.1, 0.15) is 62.3 Å². The highest BCUT2D eigenvalue weighted by Crippen LogP contribution is 2.27. The van der Waals surface area contributed by atoms with Crippen molar-refractivity contribution in [3.05, 3.63) is 10.8 Å². The van der Waals surface area contributed by atoms with Crippen molar-refractivity contribution >= 4 is 16.3 Å². The molecule has 0 aliphatic carbocycles. The van der Waals surface area contributed by atoms with E-state index in [2.05, 4.69) is 29.4 Å². The van der Waals surface area contributed by atoms with Gasteiger partial charge in [0, 0.05) is 5.92 Å². The molecule has 1 aliphatic heterocycles. The lowest BCUT2D eigenvalue weighted by Crippen LogP contribution is -2.20. The van der Waals surface area contributed by atoms with Gasteiger partial charge in [0.1, 0.15) is 5.01 Å². The number of hydrogen-bond donors (Lipinski definition) is 1. The summed E-state index contributed by atoms with van der Waals surface area (Å²) in [4.78, 5) is 0.916. The number of hydrogen-bond acceptors (Lipinski definition) is 5. The molecule has 1 aliphatic rings. The molecule has 18 heavy (non-hydrogen) atoms. The van der Waals surface area contributed by atoms with Crippen LogP contribution in [0.3, 0.4) is 0 Å². The molecule has 0 bridgehead atoms. The van der Waals surface area contributed by atoms with Crippen molar-refractivity contribution in [3.8, 4) is 0 Å². The minimum atomic E-state index is 0.358. The molecular weight excluding hydrogens is 246 g/mol. The Morgan fingerprint density at radius 2 is 2.17 bits per heavy atom. The number of rotatable bonds is 2. The molecule has 5 nitrogen and oxygen atoms in total. The summed E-state index contributed by atoms with van der Waals surface area (Å²) < 4.78 is 1.91. The van der Waals surface area contributed by atoms with Gasteiger partial charge in [0.05, 0.1) is 6.04 Å². The van der Waals surface area contributed by atoms with Gasteiger partial charge < -0.3 is 5.32 Å². The summed E-state index contributed by atoms with van der Waals surface area (Å²) in [6, 6.07) is 0.402. The summed E-state index contributed by atoms with van der Waals surface area (Å²) >= 11 is 1.67. The SMILES string of the molecule is CC(C)c1nnc2sc(C3CCCCCN3)nn12. The Balaban J connectivity index is 1.92. The zero-order chi connectivity index (χ0) is 12.5. The maximum Gasteiger partial charge on any atom is 0.234 e.